The average Bonchev–Trinajstić information content (AvgIpc) is 2.06. The molecule has 1 rings (SSSR count). The Hall–Kier alpha value is -0.830. The maximum atomic E-state index is 10.7. The van der Waals surface area contributed by atoms with E-state index in [2.05, 4.69) is 15.9 Å². The first-order chi connectivity index (χ1) is 6.02. The van der Waals surface area contributed by atoms with Crippen molar-refractivity contribution in [3.63, 3.8) is 0 Å². The number of halogens is 1. The predicted molar refractivity (Wildman–Crippen MR) is 54.9 cm³/mol. The van der Waals surface area contributed by atoms with Crippen molar-refractivity contribution in [1.82, 2.24) is 0 Å². The van der Waals surface area contributed by atoms with Gasteiger partial charge >= 0.3 is 5.97 Å². The van der Waals surface area contributed by atoms with E-state index in [1.165, 1.54) is 6.92 Å². The van der Waals surface area contributed by atoms with Gasteiger partial charge < -0.3 is 4.74 Å². The van der Waals surface area contributed by atoms with Gasteiger partial charge in [-0.15, -0.1) is 0 Å². The number of carbonyl (C=O) groups excluding carboxylic acids is 1. The third-order valence-electron chi connectivity index (χ3n) is 1.93. The molecule has 0 saturated carbocycles. The van der Waals surface area contributed by atoms with E-state index in [1.807, 2.05) is 19.9 Å². The number of hydrogen-bond acceptors (Lipinski definition) is 2. The molecule has 0 atom stereocenters. The van der Waals surface area contributed by atoms with Crippen molar-refractivity contribution in [2.75, 3.05) is 0 Å². The van der Waals surface area contributed by atoms with Gasteiger partial charge in [0.05, 0.1) is 0 Å². The first-order valence-corrected chi connectivity index (χ1v) is 4.76. The van der Waals surface area contributed by atoms with Gasteiger partial charge in [-0.3, -0.25) is 4.79 Å². The highest BCUT2D eigenvalue weighted by atomic mass is 79.9. The van der Waals surface area contributed by atoms with Crippen LogP contribution in [-0.4, -0.2) is 5.97 Å². The average molecular weight is 243 g/mol. The molecule has 13 heavy (non-hydrogen) atoms. The number of benzene rings is 1. The second-order valence-corrected chi connectivity index (χ2v) is 3.74. The van der Waals surface area contributed by atoms with E-state index in [0.29, 0.717) is 5.75 Å². The molecule has 0 aromatic heterocycles. The third-order valence-corrected chi connectivity index (χ3v) is 2.78. The van der Waals surface area contributed by atoms with Crippen molar-refractivity contribution >= 4 is 21.9 Å². The second-order valence-electron chi connectivity index (χ2n) is 2.89. The number of carbonyl (C=O) groups is 1. The fourth-order valence-electron chi connectivity index (χ4n) is 1.03. The van der Waals surface area contributed by atoms with Crippen molar-refractivity contribution in [2.45, 2.75) is 20.8 Å². The highest BCUT2D eigenvalue weighted by molar-refractivity contribution is 9.10. The molecular weight excluding hydrogens is 232 g/mol. The SMILES string of the molecule is CC(=O)Oc1ccc(Br)c(C)c1C. The van der Waals surface area contributed by atoms with E-state index in [4.69, 9.17) is 4.74 Å². The Morgan fingerprint density at radius 1 is 1.31 bits per heavy atom. The second kappa shape index (κ2) is 3.92. The third kappa shape index (κ3) is 2.31. The van der Waals surface area contributed by atoms with Crippen LogP contribution < -0.4 is 4.74 Å². The molecule has 70 valence electrons. The Morgan fingerprint density at radius 2 is 1.92 bits per heavy atom. The first kappa shape index (κ1) is 10.3. The normalized spacial score (nSPS) is 9.85. The van der Waals surface area contributed by atoms with E-state index in [1.54, 1.807) is 6.07 Å². The minimum atomic E-state index is -0.287. The van der Waals surface area contributed by atoms with Crippen LogP contribution in [0.4, 0.5) is 0 Å². The standard InChI is InChI=1S/C10H11BrO2/c1-6-7(2)10(13-8(3)12)5-4-9(6)11/h4-5H,1-3H3. The predicted octanol–water partition coefficient (Wildman–Crippen LogP) is 2.99. The van der Waals surface area contributed by atoms with Crippen LogP contribution in [-0.2, 0) is 4.79 Å². The number of ether oxygens (including phenoxy) is 1. The van der Waals surface area contributed by atoms with E-state index >= 15 is 0 Å². The quantitative estimate of drug-likeness (QED) is 0.559. The van der Waals surface area contributed by atoms with Gasteiger partial charge in [0.1, 0.15) is 5.75 Å². The maximum Gasteiger partial charge on any atom is 0.308 e. The van der Waals surface area contributed by atoms with Crippen LogP contribution >= 0.6 is 15.9 Å². The van der Waals surface area contributed by atoms with E-state index in [9.17, 15) is 4.79 Å². The van der Waals surface area contributed by atoms with Crippen LogP contribution in [0.3, 0.4) is 0 Å². The van der Waals surface area contributed by atoms with Crippen molar-refractivity contribution in [1.29, 1.82) is 0 Å². The summed E-state index contributed by atoms with van der Waals surface area (Å²) in [6.07, 6.45) is 0. The molecule has 0 aliphatic carbocycles. The summed E-state index contributed by atoms with van der Waals surface area (Å²) in [5, 5.41) is 0. The largest absolute Gasteiger partial charge is 0.426 e. The van der Waals surface area contributed by atoms with Gasteiger partial charge in [0.25, 0.3) is 0 Å². The lowest BCUT2D eigenvalue weighted by atomic mass is 10.1. The summed E-state index contributed by atoms with van der Waals surface area (Å²) in [6, 6.07) is 3.66. The summed E-state index contributed by atoms with van der Waals surface area (Å²) < 4.78 is 6.05. The molecule has 0 fully saturated rings. The topological polar surface area (TPSA) is 26.3 Å². The Morgan fingerprint density at radius 3 is 2.46 bits per heavy atom. The van der Waals surface area contributed by atoms with Crippen LogP contribution in [0.25, 0.3) is 0 Å². The zero-order valence-electron chi connectivity index (χ0n) is 7.85. The first-order valence-electron chi connectivity index (χ1n) is 3.96. The van der Waals surface area contributed by atoms with Gasteiger partial charge in [0, 0.05) is 11.4 Å². The lowest BCUT2D eigenvalue weighted by Crippen LogP contribution is -2.03. The van der Waals surface area contributed by atoms with Crippen molar-refractivity contribution in [2.24, 2.45) is 0 Å². The number of hydrogen-bond donors (Lipinski definition) is 0. The Bertz CT molecular complexity index is 345. The molecular formula is C10H11BrO2. The molecule has 3 heteroatoms. The van der Waals surface area contributed by atoms with E-state index in [-0.39, 0.29) is 5.97 Å². The van der Waals surface area contributed by atoms with Gasteiger partial charge in [-0.25, -0.2) is 0 Å². The van der Waals surface area contributed by atoms with Crippen molar-refractivity contribution < 1.29 is 9.53 Å². The summed E-state index contributed by atoms with van der Waals surface area (Å²) >= 11 is 3.41. The lowest BCUT2D eigenvalue weighted by molar-refractivity contribution is -0.131. The molecule has 0 bridgehead atoms. The van der Waals surface area contributed by atoms with Gasteiger partial charge in [0.15, 0.2) is 0 Å². The Labute approximate surface area is 86.0 Å². The molecule has 1 aromatic carbocycles. The highest BCUT2D eigenvalue weighted by Gasteiger charge is 2.06. The summed E-state index contributed by atoms with van der Waals surface area (Å²) in [5.74, 6) is 0.345. The van der Waals surface area contributed by atoms with Crippen LogP contribution in [0.1, 0.15) is 18.1 Å². The zero-order chi connectivity index (χ0) is 10.0. The minimum Gasteiger partial charge on any atom is -0.426 e. The molecule has 0 spiro atoms. The van der Waals surface area contributed by atoms with Crippen molar-refractivity contribution in [3.05, 3.63) is 27.7 Å². The van der Waals surface area contributed by atoms with E-state index < -0.39 is 0 Å². The van der Waals surface area contributed by atoms with Gasteiger partial charge in [-0.2, -0.15) is 0 Å². The Kier molecular flexibility index (Phi) is 3.09. The summed E-state index contributed by atoms with van der Waals surface area (Å²) in [4.78, 5) is 10.7. The molecule has 0 aliphatic rings. The summed E-state index contributed by atoms with van der Waals surface area (Å²) in [7, 11) is 0. The summed E-state index contributed by atoms with van der Waals surface area (Å²) in [6.45, 7) is 5.31. The number of rotatable bonds is 1. The van der Waals surface area contributed by atoms with Crippen LogP contribution in [0.15, 0.2) is 16.6 Å². The van der Waals surface area contributed by atoms with Gasteiger partial charge in [-0.1, -0.05) is 15.9 Å². The molecule has 0 unspecified atom stereocenters. The van der Waals surface area contributed by atoms with Gasteiger partial charge in [-0.05, 0) is 37.1 Å². The van der Waals surface area contributed by atoms with E-state index in [0.717, 1.165) is 15.6 Å². The molecule has 0 saturated heterocycles. The van der Waals surface area contributed by atoms with Crippen LogP contribution in [0, 0.1) is 13.8 Å². The van der Waals surface area contributed by atoms with Crippen LogP contribution in [0.5, 0.6) is 5.75 Å². The summed E-state index contributed by atoms with van der Waals surface area (Å²) in [5.41, 5.74) is 2.09. The maximum absolute atomic E-state index is 10.7. The fourth-order valence-corrected chi connectivity index (χ4v) is 1.46. The minimum absolute atomic E-state index is 0.287. The monoisotopic (exact) mass is 242 g/mol. The molecule has 2 nitrogen and oxygen atoms in total. The van der Waals surface area contributed by atoms with Gasteiger partial charge in [0.2, 0.25) is 0 Å². The molecule has 0 amide bonds. The smallest absolute Gasteiger partial charge is 0.308 e. The molecule has 1 aromatic rings. The molecule has 0 N–H and O–H groups in total. The highest BCUT2D eigenvalue weighted by Crippen LogP contribution is 2.27. The van der Waals surface area contributed by atoms with Crippen molar-refractivity contribution in [3.8, 4) is 5.75 Å². The Balaban J connectivity index is 3.10. The fraction of sp³-hybridized carbons (Fsp3) is 0.300. The molecule has 0 aliphatic heterocycles. The molecule has 0 heterocycles. The van der Waals surface area contributed by atoms with Crippen LogP contribution in [0.2, 0.25) is 0 Å². The molecule has 0 radical (unpaired) electrons. The number of esters is 1. The zero-order valence-corrected chi connectivity index (χ0v) is 9.44. The lowest BCUT2D eigenvalue weighted by Gasteiger charge is -2.08.